The molecule has 0 atom stereocenters. The first kappa shape index (κ1) is 32.8. The van der Waals surface area contributed by atoms with E-state index in [9.17, 15) is 0 Å². The van der Waals surface area contributed by atoms with Crippen LogP contribution in [-0.4, -0.2) is 0 Å². The Morgan fingerprint density at radius 3 is 1.80 bits per heavy atom. The van der Waals surface area contributed by atoms with Gasteiger partial charge in [-0.05, 0) is 116 Å². The number of benzene rings is 8. The van der Waals surface area contributed by atoms with Gasteiger partial charge in [0.05, 0.1) is 5.69 Å². The van der Waals surface area contributed by atoms with Crippen molar-refractivity contribution in [3.05, 3.63) is 198 Å². The molecule has 2 heteroatoms. The van der Waals surface area contributed by atoms with Gasteiger partial charge in [-0.25, -0.2) is 0 Å². The first-order valence-electron chi connectivity index (χ1n) is 19.7. The lowest BCUT2D eigenvalue weighted by Crippen LogP contribution is -2.16. The zero-order valence-corrected chi connectivity index (χ0v) is 32.1. The Kier molecular flexibility index (Phi) is 6.98. The van der Waals surface area contributed by atoms with Crippen LogP contribution in [0.2, 0.25) is 0 Å². The van der Waals surface area contributed by atoms with Crippen molar-refractivity contribution < 1.29 is 4.42 Å². The number of anilines is 3. The molecule has 56 heavy (non-hydrogen) atoms. The molecule has 1 aromatic heterocycles. The third kappa shape index (κ3) is 4.75. The zero-order valence-electron chi connectivity index (χ0n) is 32.1. The normalized spacial score (nSPS) is 14.4. The number of nitrogens with zero attached hydrogens (tertiary/aromatic N) is 1. The van der Waals surface area contributed by atoms with E-state index in [1.54, 1.807) is 0 Å². The smallest absolute Gasteiger partial charge is 0.135 e. The van der Waals surface area contributed by atoms with Crippen molar-refractivity contribution in [1.29, 1.82) is 0 Å². The summed E-state index contributed by atoms with van der Waals surface area (Å²) < 4.78 is 6.15. The highest BCUT2D eigenvalue weighted by Crippen LogP contribution is 2.55. The Morgan fingerprint density at radius 1 is 0.375 bits per heavy atom. The Balaban J connectivity index is 1.06. The standard InChI is InChI=1S/C54H41NO/c1-53(2)45-18-8-5-15-40(45)43-32-37(25-29-47(43)53)35-13-11-14-39(31-35)55(49-21-12-20-48-52(49)42-17-6-9-19-46(42)54(48,3)4)38-27-23-34(24-28-38)36-26-30-51-44(33-36)41-16-7-10-22-50(41)56-51/h5-33H,1-4H3. The van der Waals surface area contributed by atoms with Crippen LogP contribution in [0.25, 0.3) is 66.4 Å². The predicted octanol–water partition coefficient (Wildman–Crippen LogP) is 15.0. The molecule has 2 aliphatic carbocycles. The highest BCUT2D eigenvalue weighted by Gasteiger charge is 2.38. The maximum absolute atomic E-state index is 6.15. The second-order valence-electron chi connectivity index (χ2n) is 16.5. The topological polar surface area (TPSA) is 16.4 Å². The minimum atomic E-state index is -0.107. The number of hydrogen-bond donors (Lipinski definition) is 0. The molecule has 0 radical (unpaired) electrons. The molecular weight excluding hydrogens is 679 g/mol. The van der Waals surface area contributed by atoms with Crippen LogP contribution in [0.3, 0.4) is 0 Å². The van der Waals surface area contributed by atoms with Gasteiger partial charge in [0.25, 0.3) is 0 Å². The third-order valence-corrected chi connectivity index (χ3v) is 12.7. The summed E-state index contributed by atoms with van der Waals surface area (Å²) >= 11 is 0. The minimum Gasteiger partial charge on any atom is -0.456 e. The number of para-hydroxylation sites is 1. The molecule has 0 aliphatic heterocycles. The fourth-order valence-electron chi connectivity index (χ4n) is 9.78. The summed E-state index contributed by atoms with van der Waals surface area (Å²) in [5.74, 6) is 0. The Hall–Kier alpha value is -6.64. The van der Waals surface area contributed by atoms with E-state index in [0.29, 0.717) is 0 Å². The molecule has 0 spiro atoms. The zero-order chi connectivity index (χ0) is 37.8. The lowest BCUT2D eigenvalue weighted by molar-refractivity contribution is 0.660. The molecule has 0 unspecified atom stereocenters. The lowest BCUT2D eigenvalue weighted by atomic mass is 9.82. The molecule has 0 N–H and O–H groups in total. The first-order chi connectivity index (χ1) is 27.3. The van der Waals surface area contributed by atoms with Gasteiger partial charge in [-0.3, -0.25) is 0 Å². The van der Waals surface area contributed by atoms with Crippen LogP contribution < -0.4 is 4.90 Å². The fourth-order valence-corrected chi connectivity index (χ4v) is 9.78. The van der Waals surface area contributed by atoms with Crippen LogP contribution in [0.1, 0.15) is 49.9 Å². The monoisotopic (exact) mass is 719 g/mol. The van der Waals surface area contributed by atoms with E-state index in [1.165, 1.54) is 72.4 Å². The quantitative estimate of drug-likeness (QED) is 0.176. The molecule has 2 nitrogen and oxygen atoms in total. The van der Waals surface area contributed by atoms with Crippen LogP contribution in [0.15, 0.2) is 180 Å². The van der Waals surface area contributed by atoms with Crippen molar-refractivity contribution in [3.63, 3.8) is 0 Å². The van der Waals surface area contributed by atoms with Crippen molar-refractivity contribution in [1.82, 2.24) is 0 Å². The van der Waals surface area contributed by atoms with Gasteiger partial charge in [-0.1, -0.05) is 149 Å². The number of fused-ring (bicyclic) bond motifs is 9. The summed E-state index contributed by atoms with van der Waals surface area (Å²) in [6.45, 7) is 9.40. The molecular formula is C54H41NO. The summed E-state index contributed by atoms with van der Waals surface area (Å²) in [5, 5.41) is 2.28. The van der Waals surface area contributed by atoms with Gasteiger partial charge in [-0.2, -0.15) is 0 Å². The van der Waals surface area contributed by atoms with Crippen molar-refractivity contribution in [3.8, 4) is 44.5 Å². The molecule has 0 saturated carbocycles. The van der Waals surface area contributed by atoms with Gasteiger partial charge in [-0.15, -0.1) is 0 Å². The SMILES string of the molecule is CC1(C)c2ccccc2-c2cc(-c3cccc(N(c4ccc(-c5ccc6oc7ccccc7c6c5)cc4)c4cccc5c4-c4ccccc4C5(C)C)c3)ccc21. The third-order valence-electron chi connectivity index (χ3n) is 12.7. The summed E-state index contributed by atoms with van der Waals surface area (Å²) in [4.78, 5) is 2.46. The van der Waals surface area contributed by atoms with Crippen molar-refractivity contribution in [2.75, 3.05) is 4.90 Å². The van der Waals surface area contributed by atoms with Crippen LogP contribution in [0.4, 0.5) is 17.1 Å². The average molecular weight is 720 g/mol. The van der Waals surface area contributed by atoms with Gasteiger partial charge in [0, 0.05) is 38.5 Å². The van der Waals surface area contributed by atoms with E-state index in [-0.39, 0.29) is 10.8 Å². The Bertz CT molecular complexity index is 3030. The van der Waals surface area contributed by atoms with Crippen LogP contribution in [-0.2, 0) is 10.8 Å². The van der Waals surface area contributed by atoms with E-state index in [2.05, 4.69) is 196 Å². The number of furan rings is 1. The summed E-state index contributed by atoms with van der Waals surface area (Å²) in [6, 6.07) is 64.7. The Labute approximate surface area is 328 Å². The van der Waals surface area contributed by atoms with Gasteiger partial charge in [0.15, 0.2) is 0 Å². The molecule has 11 rings (SSSR count). The van der Waals surface area contributed by atoms with Crippen molar-refractivity contribution in [2.24, 2.45) is 0 Å². The fraction of sp³-hybridized carbons (Fsp3) is 0.111. The Morgan fingerprint density at radius 2 is 0.964 bits per heavy atom. The van der Waals surface area contributed by atoms with E-state index in [0.717, 1.165) is 33.3 Å². The molecule has 2 aliphatic rings. The maximum atomic E-state index is 6.15. The summed E-state index contributed by atoms with van der Waals surface area (Å²) in [5.41, 5.74) is 20.7. The number of hydrogen-bond acceptors (Lipinski definition) is 2. The van der Waals surface area contributed by atoms with Crippen molar-refractivity contribution >= 4 is 39.0 Å². The van der Waals surface area contributed by atoms with Gasteiger partial charge in [0.2, 0.25) is 0 Å². The lowest BCUT2D eigenvalue weighted by Gasteiger charge is -2.29. The molecule has 1 heterocycles. The van der Waals surface area contributed by atoms with E-state index in [4.69, 9.17) is 4.42 Å². The maximum Gasteiger partial charge on any atom is 0.135 e. The predicted molar refractivity (Wildman–Crippen MR) is 234 cm³/mol. The first-order valence-corrected chi connectivity index (χ1v) is 19.7. The summed E-state index contributed by atoms with van der Waals surface area (Å²) in [6.07, 6.45) is 0. The second kappa shape index (κ2) is 11.9. The molecule has 0 saturated heterocycles. The highest BCUT2D eigenvalue weighted by molar-refractivity contribution is 6.06. The van der Waals surface area contributed by atoms with Crippen molar-refractivity contribution in [2.45, 2.75) is 38.5 Å². The van der Waals surface area contributed by atoms with Gasteiger partial charge < -0.3 is 9.32 Å². The molecule has 8 aromatic carbocycles. The van der Waals surface area contributed by atoms with Crippen LogP contribution in [0, 0.1) is 0 Å². The molecule has 0 bridgehead atoms. The largest absolute Gasteiger partial charge is 0.456 e. The van der Waals surface area contributed by atoms with E-state index < -0.39 is 0 Å². The van der Waals surface area contributed by atoms with Crippen LogP contribution in [0.5, 0.6) is 0 Å². The minimum absolute atomic E-state index is 0.0227. The van der Waals surface area contributed by atoms with Gasteiger partial charge >= 0.3 is 0 Å². The highest BCUT2D eigenvalue weighted by atomic mass is 16.3. The van der Waals surface area contributed by atoms with Gasteiger partial charge in [0.1, 0.15) is 11.2 Å². The second-order valence-corrected chi connectivity index (χ2v) is 16.5. The van der Waals surface area contributed by atoms with Crippen LogP contribution >= 0.6 is 0 Å². The number of rotatable bonds is 5. The van der Waals surface area contributed by atoms with E-state index in [1.807, 2.05) is 12.1 Å². The molecule has 268 valence electrons. The molecule has 0 fully saturated rings. The average Bonchev–Trinajstić information content (AvgIpc) is 3.81. The molecule has 0 amide bonds. The molecule has 9 aromatic rings. The van der Waals surface area contributed by atoms with E-state index >= 15 is 0 Å². The summed E-state index contributed by atoms with van der Waals surface area (Å²) in [7, 11) is 0.